The van der Waals surface area contributed by atoms with Gasteiger partial charge in [-0.1, -0.05) is 102 Å². The molecule has 0 aliphatic carbocycles. The van der Waals surface area contributed by atoms with Crippen LogP contribution < -0.4 is 4.74 Å². The van der Waals surface area contributed by atoms with E-state index in [4.69, 9.17) is 14.1 Å². The Balaban J connectivity index is 1.20. The van der Waals surface area contributed by atoms with Gasteiger partial charge in [0, 0.05) is 22.2 Å². The van der Waals surface area contributed by atoms with E-state index in [1.807, 2.05) is 38.1 Å². The lowest BCUT2D eigenvalue weighted by Crippen LogP contribution is -2.10. The minimum Gasteiger partial charge on any atom is -0.496 e. The van der Waals surface area contributed by atoms with E-state index in [-0.39, 0.29) is 10.8 Å². The zero-order chi connectivity index (χ0) is 45.9. The van der Waals surface area contributed by atoms with Crippen LogP contribution in [0.2, 0.25) is 0 Å². The van der Waals surface area contributed by atoms with E-state index >= 15 is 0 Å². The fraction of sp³-hybridized carbons (Fsp3) is 0.190. The quantitative estimate of drug-likeness (QED) is 0.145. The Bertz CT molecular complexity index is 3500. The van der Waals surface area contributed by atoms with Crippen molar-refractivity contribution in [1.29, 1.82) is 0 Å². The number of hydrogen-bond donors (Lipinski definition) is 3. The van der Waals surface area contributed by atoms with Gasteiger partial charge in [0.2, 0.25) is 0 Å². The van der Waals surface area contributed by atoms with Crippen molar-refractivity contribution < 1.29 is 9.15 Å². The molecule has 10 bridgehead atoms. The largest absolute Gasteiger partial charge is 0.496 e. The maximum absolute atomic E-state index is 7.02. The molecule has 1 aliphatic rings. The van der Waals surface area contributed by atoms with Crippen molar-refractivity contribution in [1.82, 2.24) is 19.9 Å². The van der Waals surface area contributed by atoms with Crippen molar-refractivity contribution in [3.63, 3.8) is 0 Å². The number of nitrogens with one attached hydrogen (secondary N) is 3. The molecule has 1 aliphatic heterocycles. The number of hydrogen-bond acceptors (Lipinski definition) is 5. The van der Waals surface area contributed by atoms with Crippen LogP contribution in [0.4, 0.5) is 11.4 Å². The van der Waals surface area contributed by atoms with Crippen LogP contribution in [0.25, 0.3) is 89.8 Å². The first-order valence-corrected chi connectivity index (χ1v) is 22.5. The van der Waals surface area contributed by atoms with Gasteiger partial charge in [0.1, 0.15) is 16.9 Å². The highest BCUT2D eigenvalue weighted by atomic mass is 16.5. The molecule has 0 saturated carbocycles. The summed E-state index contributed by atoms with van der Waals surface area (Å²) in [4.78, 5) is 16.6. The van der Waals surface area contributed by atoms with Crippen molar-refractivity contribution in [3.05, 3.63) is 167 Å². The molecule has 0 radical (unpaired) electrons. The van der Waals surface area contributed by atoms with Crippen LogP contribution in [-0.4, -0.2) is 27.0 Å². The molecule has 0 saturated heterocycles. The molecule has 328 valence electrons. The highest BCUT2D eigenvalue weighted by molar-refractivity contribution is 5.99. The first-order valence-electron chi connectivity index (χ1n) is 22.5. The van der Waals surface area contributed by atoms with E-state index in [0.29, 0.717) is 0 Å². The zero-order valence-corrected chi connectivity index (χ0v) is 39.0. The van der Waals surface area contributed by atoms with Crippen LogP contribution in [0.5, 0.6) is 5.75 Å². The summed E-state index contributed by atoms with van der Waals surface area (Å²) in [5.74, 6) is 0.868. The van der Waals surface area contributed by atoms with E-state index < -0.39 is 0 Å². The molecular weight excluding hydrogens is 813 g/mol. The number of nitrogens with zero attached hydrogens (tertiary/aromatic N) is 3. The third-order valence-corrected chi connectivity index (χ3v) is 12.6. The molecule has 0 fully saturated rings. The van der Waals surface area contributed by atoms with Crippen LogP contribution in [0.3, 0.4) is 0 Å². The third-order valence-electron chi connectivity index (χ3n) is 12.6. The summed E-state index contributed by atoms with van der Waals surface area (Å²) in [6.45, 7) is 17.5. The molecule has 10 rings (SSSR count). The molecule has 8 nitrogen and oxygen atoms in total. The predicted molar refractivity (Wildman–Crippen MR) is 274 cm³/mol. The van der Waals surface area contributed by atoms with E-state index in [1.165, 1.54) is 11.1 Å². The molecule has 0 spiro atoms. The van der Waals surface area contributed by atoms with Crippen molar-refractivity contribution in [2.45, 2.75) is 66.2 Å². The third kappa shape index (κ3) is 8.04. The summed E-state index contributed by atoms with van der Waals surface area (Å²) in [5.41, 5.74) is 21.0. The van der Waals surface area contributed by atoms with Crippen LogP contribution in [-0.2, 0) is 10.8 Å². The smallest absolute Gasteiger partial charge is 0.137 e. The average Bonchev–Trinajstić information content (AvgIpc) is 4.15. The van der Waals surface area contributed by atoms with Gasteiger partial charge in [-0.15, -0.1) is 0 Å². The SMILES string of the molecule is COc1c(C)cc(N=Nc2ccc(-c3c4nc(c5ccc([nH]5)c(-c5ccc(C(C)(C)C)cc5)c5ccc(o5)c(-c5ccc(C(C)(C)C)cc5)c5ccc([nH]5)c5ccc3[nH]5)C=C4)cc2)cc1C. The van der Waals surface area contributed by atoms with Crippen molar-refractivity contribution in [2.75, 3.05) is 7.11 Å². The van der Waals surface area contributed by atoms with Gasteiger partial charge in [0.05, 0.1) is 57.5 Å². The van der Waals surface area contributed by atoms with E-state index in [2.05, 4.69) is 188 Å². The van der Waals surface area contributed by atoms with Gasteiger partial charge in [0.15, 0.2) is 0 Å². The van der Waals surface area contributed by atoms with Crippen LogP contribution in [0, 0.1) is 13.8 Å². The number of aromatic nitrogens is 4. The van der Waals surface area contributed by atoms with E-state index in [9.17, 15) is 0 Å². The van der Waals surface area contributed by atoms with Gasteiger partial charge in [-0.25, -0.2) is 4.98 Å². The molecule has 0 unspecified atom stereocenters. The molecule has 0 atom stereocenters. The second kappa shape index (κ2) is 16.4. The summed E-state index contributed by atoms with van der Waals surface area (Å²) >= 11 is 0. The minimum absolute atomic E-state index is 0.0156. The Kier molecular flexibility index (Phi) is 10.5. The maximum Gasteiger partial charge on any atom is 0.137 e. The lowest BCUT2D eigenvalue weighted by atomic mass is 9.86. The Morgan fingerprint density at radius 1 is 0.455 bits per heavy atom. The summed E-state index contributed by atoms with van der Waals surface area (Å²) in [7, 11) is 1.69. The molecule has 6 heterocycles. The van der Waals surface area contributed by atoms with Crippen molar-refractivity contribution in [2.24, 2.45) is 10.2 Å². The standard InChI is InChI=1S/C58H54N6O2/c1-34-32-42(33-35(2)56(34)65-9)64-63-41-20-14-36(15-21-41)53-47-26-22-43(59-47)45-24-28-49(61-45)54(37-10-16-39(17-11-37)57(3,4)5)51-30-31-52(66-51)55(38-12-18-40(19-13-38)58(6,7)8)50-29-25-46(62-50)44-23-27-48(53)60-44/h10-33,59,61-62H,1-9H3. The Morgan fingerprint density at radius 2 is 0.864 bits per heavy atom. The average molecular weight is 867 g/mol. The topological polar surface area (TPSA) is 107 Å². The lowest BCUT2D eigenvalue weighted by Gasteiger charge is -2.19. The lowest BCUT2D eigenvalue weighted by molar-refractivity contribution is 0.408. The fourth-order valence-corrected chi connectivity index (χ4v) is 9.04. The molecule has 66 heavy (non-hydrogen) atoms. The predicted octanol–water partition coefficient (Wildman–Crippen LogP) is 16.6. The summed E-state index contributed by atoms with van der Waals surface area (Å²) < 4.78 is 12.6. The van der Waals surface area contributed by atoms with Gasteiger partial charge in [-0.2, -0.15) is 10.2 Å². The highest BCUT2D eigenvalue weighted by Gasteiger charge is 2.19. The van der Waals surface area contributed by atoms with Crippen LogP contribution in [0.1, 0.15) is 75.2 Å². The monoisotopic (exact) mass is 866 g/mol. The molecule has 9 aromatic rings. The highest BCUT2D eigenvalue weighted by Crippen LogP contribution is 2.38. The number of ether oxygens (including phenoxy) is 1. The number of furan rings is 1. The molecule has 5 aromatic heterocycles. The second-order valence-corrected chi connectivity index (χ2v) is 19.4. The van der Waals surface area contributed by atoms with Crippen molar-refractivity contribution >= 4 is 67.8 Å². The number of azo groups is 1. The summed E-state index contributed by atoms with van der Waals surface area (Å²) in [5, 5.41) is 9.18. The normalized spacial score (nSPS) is 12.5. The zero-order valence-electron chi connectivity index (χ0n) is 39.0. The maximum atomic E-state index is 7.02. The summed E-state index contributed by atoms with van der Waals surface area (Å²) in [6.07, 6.45) is 4.17. The number of aryl methyl sites for hydroxylation is 2. The van der Waals surface area contributed by atoms with Gasteiger partial charge >= 0.3 is 0 Å². The Hall–Kier alpha value is -7.71. The first-order chi connectivity index (χ1) is 31.7. The molecule has 3 N–H and O–H groups in total. The number of fused-ring (bicyclic) bond motifs is 12. The molecule has 0 amide bonds. The fourth-order valence-electron chi connectivity index (χ4n) is 9.04. The number of aromatic amines is 3. The van der Waals surface area contributed by atoms with Gasteiger partial charge < -0.3 is 24.1 Å². The van der Waals surface area contributed by atoms with Gasteiger partial charge in [-0.3, -0.25) is 0 Å². The Morgan fingerprint density at radius 3 is 1.36 bits per heavy atom. The molecule has 8 heteroatoms. The first kappa shape index (κ1) is 42.3. The van der Waals surface area contributed by atoms with Gasteiger partial charge in [-0.05, 0) is 149 Å². The number of rotatable bonds is 6. The number of methoxy groups -OCH3 is 1. The summed E-state index contributed by atoms with van der Waals surface area (Å²) in [6, 6.07) is 46.8. The van der Waals surface area contributed by atoms with Crippen molar-refractivity contribution in [3.8, 4) is 39.1 Å². The van der Waals surface area contributed by atoms with E-state index in [0.717, 1.165) is 117 Å². The van der Waals surface area contributed by atoms with Crippen LogP contribution >= 0.6 is 0 Å². The second-order valence-electron chi connectivity index (χ2n) is 19.4. The molecular formula is C58H54N6O2. The number of benzene rings is 4. The van der Waals surface area contributed by atoms with E-state index in [1.54, 1.807) is 7.11 Å². The molecule has 4 aromatic carbocycles. The van der Waals surface area contributed by atoms with Gasteiger partial charge in [0.25, 0.3) is 0 Å². The van der Waals surface area contributed by atoms with Crippen LogP contribution in [0.15, 0.2) is 148 Å². The Labute approximate surface area is 385 Å². The number of H-pyrrole nitrogens is 3. The minimum atomic E-state index is 0.0156.